The molecule has 22 heavy (non-hydrogen) atoms. The van der Waals surface area contributed by atoms with Crippen LogP contribution in [0.25, 0.3) is 0 Å². The molecule has 0 aliphatic rings. The summed E-state index contributed by atoms with van der Waals surface area (Å²) in [7, 11) is 1.64. The molecule has 0 saturated heterocycles. The largest absolute Gasteiger partial charge is 0.497 e. The van der Waals surface area contributed by atoms with Crippen molar-refractivity contribution >= 4 is 0 Å². The first-order valence-electron chi connectivity index (χ1n) is 7.25. The van der Waals surface area contributed by atoms with Gasteiger partial charge in [-0.2, -0.15) is 5.26 Å². The average molecular weight is 296 g/mol. The van der Waals surface area contributed by atoms with Crippen LogP contribution in [-0.4, -0.2) is 13.7 Å². The van der Waals surface area contributed by atoms with Crippen molar-refractivity contribution in [3.8, 4) is 17.6 Å². The van der Waals surface area contributed by atoms with Crippen LogP contribution in [0.4, 0.5) is 0 Å². The summed E-state index contributed by atoms with van der Waals surface area (Å²) in [6.07, 6.45) is 0. The minimum absolute atomic E-state index is 0.349. The molecule has 2 rings (SSSR count). The highest BCUT2D eigenvalue weighted by atomic mass is 16.5. The highest BCUT2D eigenvalue weighted by Crippen LogP contribution is 2.18. The smallest absolute Gasteiger partial charge is 0.121 e. The van der Waals surface area contributed by atoms with E-state index in [4.69, 9.17) is 9.47 Å². The molecule has 4 nitrogen and oxygen atoms in total. The molecule has 0 radical (unpaired) electrons. The van der Waals surface area contributed by atoms with Crippen molar-refractivity contribution < 1.29 is 9.47 Å². The Kier molecular flexibility index (Phi) is 5.81. The quantitative estimate of drug-likeness (QED) is 0.850. The van der Waals surface area contributed by atoms with Crippen LogP contribution in [0.1, 0.15) is 24.1 Å². The topological polar surface area (TPSA) is 54.3 Å². The minimum atomic E-state index is -0.349. The van der Waals surface area contributed by atoms with Crippen LogP contribution >= 0.6 is 0 Å². The average Bonchev–Trinajstić information content (AvgIpc) is 2.57. The van der Waals surface area contributed by atoms with Crippen LogP contribution in [-0.2, 0) is 6.54 Å². The third kappa shape index (κ3) is 4.24. The van der Waals surface area contributed by atoms with Gasteiger partial charge in [0.25, 0.3) is 0 Å². The van der Waals surface area contributed by atoms with Gasteiger partial charge in [-0.25, -0.2) is 0 Å². The van der Waals surface area contributed by atoms with Gasteiger partial charge in [-0.15, -0.1) is 0 Å². The van der Waals surface area contributed by atoms with Crippen LogP contribution in [0.2, 0.25) is 0 Å². The van der Waals surface area contributed by atoms with E-state index in [1.165, 1.54) is 0 Å². The summed E-state index contributed by atoms with van der Waals surface area (Å²) in [4.78, 5) is 0. The van der Waals surface area contributed by atoms with Crippen molar-refractivity contribution in [2.75, 3.05) is 13.7 Å². The second-order valence-electron chi connectivity index (χ2n) is 4.79. The molecule has 0 heterocycles. The number of benzene rings is 2. The molecule has 1 N–H and O–H groups in total. The molecule has 0 aliphatic heterocycles. The van der Waals surface area contributed by atoms with E-state index >= 15 is 0 Å². The Hall–Kier alpha value is -2.51. The third-order valence-electron chi connectivity index (χ3n) is 3.32. The lowest BCUT2D eigenvalue weighted by Crippen LogP contribution is -2.19. The van der Waals surface area contributed by atoms with Gasteiger partial charge in [0.05, 0.1) is 19.8 Å². The molecule has 0 amide bonds. The molecule has 1 atom stereocenters. The molecule has 2 aromatic carbocycles. The summed E-state index contributed by atoms with van der Waals surface area (Å²) in [5.74, 6) is 1.64. The van der Waals surface area contributed by atoms with Gasteiger partial charge in [-0.05, 0) is 42.3 Å². The monoisotopic (exact) mass is 296 g/mol. The van der Waals surface area contributed by atoms with Crippen LogP contribution in [0.5, 0.6) is 11.5 Å². The van der Waals surface area contributed by atoms with Crippen molar-refractivity contribution in [2.24, 2.45) is 0 Å². The number of nitrogens with zero attached hydrogens (tertiary/aromatic N) is 1. The zero-order valence-electron chi connectivity index (χ0n) is 12.9. The van der Waals surface area contributed by atoms with E-state index in [0.29, 0.717) is 13.2 Å². The second-order valence-corrected chi connectivity index (χ2v) is 4.79. The van der Waals surface area contributed by atoms with Crippen LogP contribution in [0.15, 0.2) is 48.5 Å². The summed E-state index contributed by atoms with van der Waals surface area (Å²) in [5, 5.41) is 12.6. The number of hydrogen-bond acceptors (Lipinski definition) is 4. The van der Waals surface area contributed by atoms with E-state index < -0.39 is 0 Å². The van der Waals surface area contributed by atoms with Gasteiger partial charge < -0.3 is 9.47 Å². The van der Waals surface area contributed by atoms with Crippen molar-refractivity contribution in [1.82, 2.24) is 5.32 Å². The first-order chi connectivity index (χ1) is 10.8. The highest BCUT2D eigenvalue weighted by Gasteiger charge is 2.10. The molecule has 0 aromatic heterocycles. The van der Waals surface area contributed by atoms with Gasteiger partial charge in [-0.3, -0.25) is 5.32 Å². The zero-order chi connectivity index (χ0) is 15.8. The first-order valence-corrected chi connectivity index (χ1v) is 7.25. The second kappa shape index (κ2) is 8.06. The summed E-state index contributed by atoms with van der Waals surface area (Å²) >= 11 is 0. The number of hydrogen-bond donors (Lipinski definition) is 1. The number of nitrogens with one attached hydrogen (secondary N) is 1. The van der Waals surface area contributed by atoms with Gasteiger partial charge in [0.1, 0.15) is 17.5 Å². The molecule has 2 aromatic rings. The molecular weight excluding hydrogens is 276 g/mol. The zero-order valence-corrected chi connectivity index (χ0v) is 12.9. The van der Waals surface area contributed by atoms with Crippen LogP contribution in [0, 0.1) is 11.3 Å². The van der Waals surface area contributed by atoms with Crippen molar-refractivity contribution in [3.63, 3.8) is 0 Å². The Morgan fingerprint density at radius 1 is 1.05 bits per heavy atom. The van der Waals surface area contributed by atoms with Gasteiger partial charge in [0, 0.05) is 6.54 Å². The number of ether oxygens (including phenoxy) is 2. The lowest BCUT2D eigenvalue weighted by Gasteiger charge is -2.13. The normalized spacial score (nSPS) is 11.5. The molecule has 0 spiro atoms. The van der Waals surface area contributed by atoms with E-state index in [0.717, 1.165) is 22.6 Å². The van der Waals surface area contributed by atoms with Crippen LogP contribution in [0.3, 0.4) is 0 Å². The Balaban J connectivity index is 1.97. The maximum absolute atomic E-state index is 9.35. The Morgan fingerprint density at radius 2 is 1.68 bits per heavy atom. The van der Waals surface area contributed by atoms with Gasteiger partial charge in [0.15, 0.2) is 0 Å². The maximum Gasteiger partial charge on any atom is 0.121 e. The lowest BCUT2D eigenvalue weighted by atomic mass is 10.1. The molecule has 114 valence electrons. The van der Waals surface area contributed by atoms with Crippen LogP contribution < -0.4 is 14.8 Å². The molecule has 0 bridgehead atoms. The fourth-order valence-corrected chi connectivity index (χ4v) is 2.12. The standard InChI is InChI=1S/C18H20N2O2/c1-3-22-17-10-6-15(7-11-17)18(12-19)20-13-14-4-8-16(21-2)9-5-14/h4-11,18,20H,3,13H2,1-2H3. The van der Waals surface area contributed by atoms with E-state index in [-0.39, 0.29) is 6.04 Å². The molecule has 0 aliphatic carbocycles. The Morgan fingerprint density at radius 3 is 2.23 bits per heavy atom. The van der Waals surface area contributed by atoms with Gasteiger partial charge in [-0.1, -0.05) is 24.3 Å². The predicted octanol–water partition coefficient (Wildman–Crippen LogP) is 3.45. The molecule has 0 fully saturated rings. The molecule has 1 unspecified atom stereocenters. The van der Waals surface area contributed by atoms with Crippen molar-refractivity contribution in [1.29, 1.82) is 5.26 Å². The maximum atomic E-state index is 9.35. The minimum Gasteiger partial charge on any atom is -0.497 e. The van der Waals surface area contributed by atoms with Crippen molar-refractivity contribution in [2.45, 2.75) is 19.5 Å². The van der Waals surface area contributed by atoms with Gasteiger partial charge >= 0.3 is 0 Å². The summed E-state index contributed by atoms with van der Waals surface area (Å²) in [6, 6.07) is 17.3. The summed E-state index contributed by atoms with van der Waals surface area (Å²) < 4.78 is 10.5. The predicted molar refractivity (Wildman–Crippen MR) is 85.8 cm³/mol. The summed E-state index contributed by atoms with van der Waals surface area (Å²) in [5.41, 5.74) is 2.03. The molecular formula is C18H20N2O2. The van der Waals surface area contributed by atoms with E-state index in [9.17, 15) is 5.26 Å². The summed E-state index contributed by atoms with van der Waals surface area (Å²) in [6.45, 7) is 3.20. The molecule has 4 heteroatoms. The number of methoxy groups -OCH3 is 1. The molecule has 0 saturated carbocycles. The first kappa shape index (κ1) is 15.9. The fraction of sp³-hybridized carbons (Fsp3) is 0.278. The lowest BCUT2D eigenvalue weighted by molar-refractivity contribution is 0.340. The number of rotatable bonds is 7. The third-order valence-corrected chi connectivity index (χ3v) is 3.32. The number of nitriles is 1. The van der Waals surface area contributed by atoms with Gasteiger partial charge in [0.2, 0.25) is 0 Å². The Bertz CT molecular complexity index is 615. The van der Waals surface area contributed by atoms with E-state index in [2.05, 4.69) is 11.4 Å². The van der Waals surface area contributed by atoms with E-state index in [1.54, 1.807) is 7.11 Å². The fourth-order valence-electron chi connectivity index (χ4n) is 2.12. The Labute approximate surface area is 131 Å². The van der Waals surface area contributed by atoms with E-state index in [1.807, 2.05) is 55.5 Å². The SMILES string of the molecule is CCOc1ccc(C(C#N)NCc2ccc(OC)cc2)cc1. The highest BCUT2D eigenvalue weighted by molar-refractivity contribution is 5.32. The van der Waals surface area contributed by atoms with Crippen molar-refractivity contribution in [3.05, 3.63) is 59.7 Å².